The molecular formula is C31H36N6O3S. The average Bonchev–Trinajstić information content (AvgIpc) is 3.58. The van der Waals surface area contributed by atoms with Crippen LogP contribution in [0.3, 0.4) is 0 Å². The number of benzene rings is 3. The van der Waals surface area contributed by atoms with Crippen LogP contribution in [0.4, 0.5) is 5.95 Å². The predicted octanol–water partition coefficient (Wildman–Crippen LogP) is 4.70. The number of fused-ring (bicyclic) bond motifs is 1. The number of aliphatic imine (C=N–C) groups is 2. The maximum absolute atomic E-state index is 13.2. The highest BCUT2D eigenvalue weighted by Gasteiger charge is 2.37. The van der Waals surface area contributed by atoms with Crippen molar-refractivity contribution in [2.45, 2.75) is 38.5 Å². The maximum atomic E-state index is 13.2. The molecule has 2 heterocycles. The highest BCUT2D eigenvalue weighted by molar-refractivity contribution is 7.90. The zero-order chi connectivity index (χ0) is 29.2. The van der Waals surface area contributed by atoms with E-state index >= 15 is 0 Å². The molecule has 0 fully saturated rings. The number of hydrogen-bond donors (Lipinski definition) is 1. The van der Waals surface area contributed by atoms with E-state index < -0.39 is 20.8 Å². The van der Waals surface area contributed by atoms with Crippen LogP contribution >= 0.6 is 0 Å². The van der Waals surface area contributed by atoms with Crippen molar-refractivity contribution in [1.82, 2.24) is 13.9 Å². The SMILES string of the molecule is CCN(CC)CCOc1cccc(C2=NC(c3ccccc3)(c3ccc4nc(N)n(S(=O)(=O)C(C)C)c4c3)C=N2)c1. The number of anilines is 1. The average molecular weight is 573 g/mol. The molecule has 2 N–H and O–H groups in total. The molecule has 214 valence electrons. The van der Waals surface area contributed by atoms with Gasteiger partial charge in [-0.15, -0.1) is 0 Å². The van der Waals surface area contributed by atoms with Crippen LogP contribution in [-0.2, 0) is 15.6 Å². The molecule has 1 unspecified atom stereocenters. The third-order valence-electron chi connectivity index (χ3n) is 7.46. The summed E-state index contributed by atoms with van der Waals surface area (Å²) in [6.07, 6.45) is 1.81. The second-order valence-corrected chi connectivity index (χ2v) is 12.6. The van der Waals surface area contributed by atoms with Gasteiger partial charge in [-0.1, -0.05) is 62.4 Å². The van der Waals surface area contributed by atoms with Crippen molar-refractivity contribution < 1.29 is 13.2 Å². The zero-order valence-electron chi connectivity index (χ0n) is 23.9. The fourth-order valence-corrected chi connectivity index (χ4v) is 6.14. The first-order valence-electron chi connectivity index (χ1n) is 13.9. The molecule has 9 nitrogen and oxygen atoms in total. The van der Waals surface area contributed by atoms with Crippen LogP contribution in [0.1, 0.15) is 44.4 Å². The molecule has 0 saturated heterocycles. The predicted molar refractivity (Wildman–Crippen MR) is 166 cm³/mol. The van der Waals surface area contributed by atoms with E-state index in [0.717, 1.165) is 46.0 Å². The van der Waals surface area contributed by atoms with Crippen LogP contribution in [0.15, 0.2) is 82.8 Å². The summed E-state index contributed by atoms with van der Waals surface area (Å²) in [6, 6.07) is 23.1. The summed E-state index contributed by atoms with van der Waals surface area (Å²) in [5.74, 6) is 1.25. The Bertz CT molecular complexity index is 1710. The smallest absolute Gasteiger partial charge is 0.244 e. The molecule has 0 bridgehead atoms. The number of likely N-dealkylation sites (N-methyl/N-ethyl adjacent to an activating group) is 1. The summed E-state index contributed by atoms with van der Waals surface area (Å²) in [5.41, 5.74) is 8.51. The third kappa shape index (κ3) is 5.37. The van der Waals surface area contributed by atoms with E-state index in [2.05, 4.69) is 23.7 Å². The summed E-state index contributed by atoms with van der Waals surface area (Å²) in [6.45, 7) is 10.9. The highest BCUT2D eigenvalue weighted by atomic mass is 32.2. The molecule has 10 heteroatoms. The number of ether oxygens (including phenoxy) is 1. The van der Waals surface area contributed by atoms with E-state index in [1.54, 1.807) is 26.0 Å². The Labute approximate surface area is 241 Å². The molecule has 0 spiro atoms. The third-order valence-corrected chi connectivity index (χ3v) is 9.54. The molecule has 3 aromatic carbocycles. The summed E-state index contributed by atoms with van der Waals surface area (Å²) in [7, 11) is -3.75. The topological polar surface area (TPSA) is 115 Å². The van der Waals surface area contributed by atoms with Crippen molar-refractivity contribution in [3.63, 3.8) is 0 Å². The van der Waals surface area contributed by atoms with Crippen molar-refractivity contribution in [3.05, 3.63) is 89.5 Å². The molecule has 1 aliphatic rings. The lowest BCUT2D eigenvalue weighted by Gasteiger charge is -2.24. The van der Waals surface area contributed by atoms with E-state index in [-0.39, 0.29) is 5.95 Å². The van der Waals surface area contributed by atoms with Crippen molar-refractivity contribution in [2.24, 2.45) is 9.98 Å². The van der Waals surface area contributed by atoms with Gasteiger partial charge in [0.1, 0.15) is 17.9 Å². The van der Waals surface area contributed by atoms with Gasteiger partial charge in [-0.25, -0.2) is 27.4 Å². The number of rotatable bonds is 11. The lowest BCUT2D eigenvalue weighted by Crippen LogP contribution is -2.27. The van der Waals surface area contributed by atoms with E-state index in [1.807, 2.05) is 66.9 Å². The zero-order valence-corrected chi connectivity index (χ0v) is 24.7. The molecule has 4 aromatic rings. The van der Waals surface area contributed by atoms with Gasteiger partial charge in [0.25, 0.3) is 0 Å². The van der Waals surface area contributed by atoms with Gasteiger partial charge in [-0.05, 0) is 62.3 Å². The fraction of sp³-hybridized carbons (Fsp3) is 0.323. The van der Waals surface area contributed by atoms with E-state index in [1.165, 1.54) is 0 Å². The summed E-state index contributed by atoms with van der Waals surface area (Å²) in [5, 5.41) is -0.673. The molecule has 0 amide bonds. The lowest BCUT2D eigenvalue weighted by molar-refractivity contribution is 0.223. The van der Waals surface area contributed by atoms with Crippen LogP contribution in [0.5, 0.6) is 5.75 Å². The summed E-state index contributed by atoms with van der Waals surface area (Å²) in [4.78, 5) is 16.6. The van der Waals surface area contributed by atoms with Crippen molar-refractivity contribution >= 4 is 39.1 Å². The Morgan fingerprint density at radius 1 is 0.976 bits per heavy atom. The molecule has 41 heavy (non-hydrogen) atoms. The first-order chi connectivity index (χ1) is 19.7. The largest absolute Gasteiger partial charge is 0.492 e. The van der Waals surface area contributed by atoms with Crippen molar-refractivity contribution in [2.75, 3.05) is 32.0 Å². The Morgan fingerprint density at radius 3 is 2.44 bits per heavy atom. The van der Waals surface area contributed by atoms with Crippen LogP contribution in [0.2, 0.25) is 0 Å². The number of nitrogens with zero attached hydrogens (tertiary/aromatic N) is 5. The lowest BCUT2D eigenvalue weighted by atomic mass is 9.84. The fourth-order valence-electron chi connectivity index (χ4n) is 5.00. The Kier molecular flexibility index (Phi) is 7.97. The molecular weight excluding hydrogens is 536 g/mol. The van der Waals surface area contributed by atoms with Gasteiger partial charge >= 0.3 is 0 Å². The Balaban J connectivity index is 1.57. The Morgan fingerprint density at radius 2 is 1.73 bits per heavy atom. The van der Waals surface area contributed by atoms with Crippen LogP contribution in [0.25, 0.3) is 11.0 Å². The van der Waals surface area contributed by atoms with Crippen molar-refractivity contribution in [3.8, 4) is 5.75 Å². The standard InChI is InChI=1S/C31H36N6O3S/c1-5-36(6-2)17-18-40-26-14-10-11-23(19-26)29-33-21-31(35-29,24-12-8-7-9-13-24)25-15-16-27-28(20-25)37(30(32)34-27)41(38,39)22(3)4/h7-16,19-22H,5-6,17-18H2,1-4H3,(H2,32,34). The van der Waals surface area contributed by atoms with E-state index in [9.17, 15) is 8.42 Å². The minimum atomic E-state index is -3.75. The second-order valence-electron chi connectivity index (χ2n) is 10.3. The van der Waals surface area contributed by atoms with Gasteiger partial charge in [0.05, 0.1) is 16.3 Å². The van der Waals surface area contributed by atoms with Crippen molar-refractivity contribution in [1.29, 1.82) is 0 Å². The van der Waals surface area contributed by atoms with Gasteiger partial charge in [0.2, 0.25) is 16.0 Å². The Hall–Kier alpha value is -4.02. The van der Waals surface area contributed by atoms with Gasteiger partial charge in [0, 0.05) is 18.3 Å². The summed E-state index contributed by atoms with van der Waals surface area (Å²) >= 11 is 0. The molecule has 0 aliphatic carbocycles. The summed E-state index contributed by atoms with van der Waals surface area (Å²) < 4.78 is 33.6. The normalized spacial score (nSPS) is 17.1. The number of nitrogen functional groups attached to an aromatic ring is 1. The first kappa shape index (κ1) is 28.5. The second kappa shape index (κ2) is 11.5. The molecule has 1 aliphatic heterocycles. The quantitative estimate of drug-likeness (QED) is 0.279. The molecule has 1 aromatic heterocycles. The van der Waals surface area contributed by atoms with E-state index in [4.69, 9.17) is 20.5 Å². The molecule has 1 atom stereocenters. The minimum absolute atomic E-state index is 0.0679. The molecule has 0 radical (unpaired) electrons. The number of imidazole rings is 1. The van der Waals surface area contributed by atoms with Crippen LogP contribution in [-0.4, -0.2) is 65.8 Å². The number of amidine groups is 1. The van der Waals surface area contributed by atoms with E-state index in [0.29, 0.717) is 23.5 Å². The maximum Gasteiger partial charge on any atom is 0.244 e. The van der Waals surface area contributed by atoms with Crippen LogP contribution < -0.4 is 10.5 Å². The number of aromatic nitrogens is 2. The van der Waals surface area contributed by atoms with Gasteiger partial charge in [0.15, 0.2) is 5.84 Å². The minimum Gasteiger partial charge on any atom is -0.492 e. The van der Waals surface area contributed by atoms with Gasteiger partial charge in [-0.3, -0.25) is 0 Å². The number of nitrogens with two attached hydrogens (primary N) is 1. The first-order valence-corrected chi connectivity index (χ1v) is 15.4. The highest BCUT2D eigenvalue weighted by Crippen LogP contribution is 2.38. The molecule has 5 rings (SSSR count). The van der Waals surface area contributed by atoms with Gasteiger partial charge < -0.3 is 15.4 Å². The number of hydrogen-bond acceptors (Lipinski definition) is 8. The molecule has 0 saturated carbocycles. The van der Waals surface area contributed by atoms with Gasteiger partial charge in [-0.2, -0.15) is 0 Å². The van der Waals surface area contributed by atoms with Crippen LogP contribution in [0, 0.1) is 0 Å². The monoisotopic (exact) mass is 572 g/mol.